The first-order valence-electron chi connectivity index (χ1n) is 11.8. The van der Waals surface area contributed by atoms with Gasteiger partial charge in [-0.3, -0.25) is 18.6 Å². The third kappa shape index (κ3) is 4.62. The van der Waals surface area contributed by atoms with E-state index in [4.69, 9.17) is 0 Å². The Bertz CT molecular complexity index is 1250. The van der Waals surface area contributed by atoms with Gasteiger partial charge in [-0.15, -0.1) is 10.2 Å². The standard InChI is InChI=1S/C24H30N6O2S/c1-3-4-10-15-29-21(32)18-11-6-7-12-19(18)30-22(29)27-28-23(30)33-17(2)20(31)26-24(16-25)13-8-5-9-14-24/h6-7,11-12,17H,3-5,8-10,13-15H2,1-2H3,(H,26,31). The molecule has 0 aliphatic heterocycles. The SMILES string of the molecule is CCCCCn1c(=O)c2ccccc2n2c(SC(C)C(=O)NC3(C#N)CCCCC3)nnc12. The van der Waals surface area contributed by atoms with Crippen LogP contribution in [0.15, 0.2) is 34.2 Å². The highest BCUT2D eigenvalue weighted by molar-refractivity contribution is 8.00. The van der Waals surface area contributed by atoms with Crippen LogP contribution in [0.2, 0.25) is 0 Å². The Hall–Kier alpha value is -2.86. The second-order valence-corrected chi connectivity index (χ2v) is 10.1. The number of amides is 1. The average Bonchev–Trinajstić information content (AvgIpc) is 3.25. The molecular formula is C24H30N6O2S. The maximum atomic E-state index is 13.1. The summed E-state index contributed by atoms with van der Waals surface area (Å²) in [5.41, 5.74) is -0.119. The fraction of sp³-hybridized carbons (Fsp3) is 0.542. The number of carbonyl (C=O) groups excluding carboxylic acids is 1. The van der Waals surface area contributed by atoms with E-state index in [2.05, 4.69) is 28.5 Å². The maximum Gasteiger partial charge on any atom is 0.262 e. The van der Waals surface area contributed by atoms with Gasteiger partial charge in [0.15, 0.2) is 5.16 Å². The normalized spacial score (nSPS) is 16.5. The monoisotopic (exact) mass is 466 g/mol. The van der Waals surface area contributed by atoms with Gasteiger partial charge in [-0.1, -0.05) is 62.9 Å². The van der Waals surface area contributed by atoms with Crippen LogP contribution in [0.25, 0.3) is 16.7 Å². The quantitative estimate of drug-likeness (QED) is 0.396. The van der Waals surface area contributed by atoms with Gasteiger partial charge in [0.1, 0.15) is 5.54 Å². The van der Waals surface area contributed by atoms with Crippen LogP contribution < -0.4 is 10.9 Å². The van der Waals surface area contributed by atoms with Gasteiger partial charge >= 0.3 is 0 Å². The average molecular weight is 467 g/mol. The van der Waals surface area contributed by atoms with Crippen molar-refractivity contribution in [3.8, 4) is 6.07 Å². The van der Waals surface area contributed by atoms with E-state index < -0.39 is 10.8 Å². The highest BCUT2D eigenvalue weighted by atomic mass is 32.2. The van der Waals surface area contributed by atoms with Gasteiger partial charge in [-0.25, -0.2) is 0 Å². The minimum Gasteiger partial charge on any atom is -0.337 e. The predicted octanol–water partition coefficient (Wildman–Crippen LogP) is 4.06. The lowest BCUT2D eigenvalue weighted by Gasteiger charge is -2.32. The molecule has 1 aliphatic rings. The number of benzene rings is 1. The van der Waals surface area contributed by atoms with Crippen molar-refractivity contribution >= 4 is 34.3 Å². The number of aryl methyl sites for hydroxylation is 1. The first kappa shape index (κ1) is 23.3. The number of para-hydroxylation sites is 1. The van der Waals surface area contributed by atoms with Crippen LogP contribution in [0.5, 0.6) is 0 Å². The lowest BCUT2D eigenvalue weighted by atomic mass is 9.83. The highest BCUT2D eigenvalue weighted by Crippen LogP contribution is 2.30. The highest BCUT2D eigenvalue weighted by Gasteiger charge is 2.35. The summed E-state index contributed by atoms with van der Waals surface area (Å²) in [4.78, 5) is 26.1. The number of hydrogen-bond donors (Lipinski definition) is 1. The van der Waals surface area contributed by atoms with Crippen molar-refractivity contribution in [2.45, 2.75) is 87.7 Å². The van der Waals surface area contributed by atoms with Crippen molar-refractivity contribution in [3.05, 3.63) is 34.6 Å². The molecule has 0 spiro atoms. The molecule has 4 rings (SSSR count). The molecule has 0 radical (unpaired) electrons. The van der Waals surface area contributed by atoms with E-state index in [1.165, 1.54) is 11.8 Å². The summed E-state index contributed by atoms with van der Waals surface area (Å²) in [6, 6.07) is 9.77. The number of hydrogen-bond acceptors (Lipinski definition) is 6. The fourth-order valence-electron chi connectivity index (χ4n) is 4.50. The topological polar surface area (TPSA) is 105 Å². The number of nitrogens with zero attached hydrogens (tertiary/aromatic N) is 5. The Balaban J connectivity index is 1.66. The molecule has 2 heterocycles. The van der Waals surface area contributed by atoms with E-state index in [-0.39, 0.29) is 11.5 Å². The minimum absolute atomic E-state index is 0.0720. The van der Waals surface area contributed by atoms with Gasteiger partial charge in [0, 0.05) is 6.54 Å². The number of rotatable bonds is 8. The molecule has 3 aromatic rings. The fourth-order valence-corrected chi connectivity index (χ4v) is 5.36. The molecule has 1 saturated carbocycles. The summed E-state index contributed by atoms with van der Waals surface area (Å²) in [6.07, 6.45) is 7.35. The molecule has 1 aliphatic carbocycles. The molecule has 0 bridgehead atoms. The van der Waals surface area contributed by atoms with Crippen LogP contribution in [-0.2, 0) is 11.3 Å². The molecule has 1 N–H and O–H groups in total. The zero-order chi connectivity index (χ0) is 23.4. The zero-order valence-electron chi connectivity index (χ0n) is 19.2. The van der Waals surface area contributed by atoms with Crippen LogP contribution in [-0.4, -0.2) is 35.9 Å². The summed E-state index contributed by atoms with van der Waals surface area (Å²) in [5, 5.41) is 22.1. The second kappa shape index (κ2) is 9.96. The van der Waals surface area contributed by atoms with E-state index in [1.54, 1.807) is 4.57 Å². The summed E-state index contributed by atoms with van der Waals surface area (Å²) in [6.45, 7) is 4.51. The van der Waals surface area contributed by atoms with Gasteiger partial charge in [0.2, 0.25) is 11.7 Å². The van der Waals surface area contributed by atoms with Crippen molar-refractivity contribution in [2.75, 3.05) is 0 Å². The predicted molar refractivity (Wildman–Crippen MR) is 129 cm³/mol. The van der Waals surface area contributed by atoms with Crippen molar-refractivity contribution in [1.82, 2.24) is 24.5 Å². The van der Waals surface area contributed by atoms with Crippen LogP contribution in [0, 0.1) is 11.3 Å². The number of carbonyl (C=O) groups is 1. The molecule has 1 amide bonds. The third-order valence-electron chi connectivity index (χ3n) is 6.40. The van der Waals surface area contributed by atoms with Gasteiger partial charge in [0.05, 0.1) is 22.2 Å². The molecule has 2 aromatic heterocycles. The van der Waals surface area contributed by atoms with E-state index in [9.17, 15) is 14.9 Å². The molecule has 8 nitrogen and oxygen atoms in total. The van der Waals surface area contributed by atoms with Gasteiger partial charge in [-0.2, -0.15) is 5.26 Å². The molecule has 0 saturated heterocycles. The summed E-state index contributed by atoms with van der Waals surface area (Å²) >= 11 is 1.30. The lowest BCUT2D eigenvalue weighted by Crippen LogP contribution is -2.50. The Morgan fingerprint density at radius 2 is 2.00 bits per heavy atom. The van der Waals surface area contributed by atoms with Crippen LogP contribution in [0.3, 0.4) is 0 Å². The smallest absolute Gasteiger partial charge is 0.262 e. The van der Waals surface area contributed by atoms with E-state index in [1.807, 2.05) is 35.6 Å². The Morgan fingerprint density at radius 1 is 1.24 bits per heavy atom. The Kier molecular flexibility index (Phi) is 7.03. The Morgan fingerprint density at radius 3 is 2.73 bits per heavy atom. The molecule has 33 heavy (non-hydrogen) atoms. The van der Waals surface area contributed by atoms with Crippen molar-refractivity contribution in [3.63, 3.8) is 0 Å². The maximum absolute atomic E-state index is 13.1. The van der Waals surface area contributed by atoms with Crippen LogP contribution in [0.4, 0.5) is 0 Å². The zero-order valence-corrected chi connectivity index (χ0v) is 20.0. The number of thioether (sulfide) groups is 1. The largest absolute Gasteiger partial charge is 0.337 e. The summed E-state index contributed by atoms with van der Waals surface area (Å²) < 4.78 is 3.56. The van der Waals surface area contributed by atoms with Crippen molar-refractivity contribution in [2.24, 2.45) is 0 Å². The molecule has 9 heteroatoms. The van der Waals surface area contributed by atoms with E-state index >= 15 is 0 Å². The molecule has 1 unspecified atom stereocenters. The molecule has 1 atom stereocenters. The first-order valence-corrected chi connectivity index (χ1v) is 12.6. The first-order chi connectivity index (χ1) is 16.0. The molecule has 174 valence electrons. The van der Waals surface area contributed by atoms with Crippen molar-refractivity contribution in [1.29, 1.82) is 5.26 Å². The Labute approximate surface area is 197 Å². The van der Waals surface area contributed by atoms with Gasteiger partial charge in [-0.05, 0) is 38.3 Å². The van der Waals surface area contributed by atoms with Crippen LogP contribution in [0.1, 0.15) is 65.2 Å². The number of nitrogens with one attached hydrogen (secondary N) is 1. The minimum atomic E-state index is -0.774. The second-order valence-electron chi connectivity index (χ2n) is 8.80. The van der Waals surface area contributed by atoms with E-state index in [0.717, 1.165) is 44.0 Å². The molecule has 1 aromatic carbocycles. The number of unbranched alkanes of at least 4 members (excludes halogenated alkanes) is 2. The summed E-state index contributed by atoms with van der Waals surface area (Å²) in [7, 11) is 0. The summed E-state index contributed by atoms with van der Waals surface area (Å²) in [5.74, 6) is 0.312. The number of fused-ring (bicyclic) bond motifs is 3. The van der Waals surface area contributed by atoms with Crippen LogP contribution >= 0.6 is 11.8 Å². The third-order valence-corrected chi connectivity index (χ3v) is 7.44. The van der Waals surface area contributed by atoms with Gasteiger partial charge in [0.25, 0.3) is 5.56 Å². The lowest BCUT2D eigenvalue weighted by molar-refractivity contribution is -0.121. The molecular weight excluding hydrogens is 436 g/mol. The van der Waals surface area contributed by atoms with E-state index in [0.29, 0.717) is 35.7 Å². The number of aromatic nitrogens is 4. The number of nitriles is 1. The van der Waals surface area contributed by atoms with Crippen molar-refractivity contribution < 1.29 is 4.79 Å². The van der Waals surface area contributed by atoms with Gasteiger partial charge < -0.3 is 5.32 Å². The molecule has 1 fully saturated rings.